The quantitative estimate of drug-likeness (QED) is 0.306. The van der Waals surface area contributed by atoms with Gasteiger partial charge < -0.3 is 15.3 Å². The highest BCUT2D eigenvalue weighted by Crippen LogP contribution is 2.21. The first kappa shape index (κ1) is 22.7. The summed E-state index contributed by atoms with van der Waals surface area (Å²) in [6.07, 6.45) is 5.67. The number of nitrogens with one attached hydrogen (secondary N) is 2. The Hall–Kier alpha value is -2.97. The van der Waals surface area contributed by atoms with Crippen LogP contribution in [0.3, 0.4) is 0 Å². The zero-order valence-corrected chi connectivity index (χ0v) is 18.5. The summed E-state index contributed by atoms with van der Waals surface area (Å²) in [5, 5.41) is 19.7. The fraction of sp³-hybridized carbons (Fsp3) is 0.348. The van der Waals surface area contributed by atoms with Gasteiger partial charge in [-0.2, -0.15) is 5.10 Å². The third-order valence-corrected chi connectivity index (χ3v) is 5.44. The lowest BCUT2D eigenvalue weighted by molar-refractivity contribution is -0.115. The monoisotopic (exact) mass is 439 g/mol. The molecule has 0 radical (unpaired) electrons. The van der Waals surface area contributed by atoms with E-state index in [4.69, 9.17) is 12.2 Å². The number of nitrogens with zero attached hydrogens (tertiary/aromatic N) is 3. The van der Waals surface area contributed by atoms with Gasteiger partial charge in [-0.1, -0.05) is 50.5 Å². The van der Waals surface area contributed by atoms with Crippen LogP contribution in [-0.4, -0.2) is 45.0 Å². The van der Waals surface area contributed by atoms with Gasteiger partial charge in [0.05, 0.1) is 24.9 Å². The van der Waals surface area contributed by atoms with Crippen molar-refractivity contribution in [2.75, 3.05) is 23.4 Å². The van der Waals surface area contributed by atoms with Crippen molar-refractivity contribution in [3.05, 3.63) is 65.7 Å². The van der Waals surface area contributed by atoms with Crippen molar-refractivity contribution in [2.24, 2.45) is 0 Å². The van der Waals surface area contributed by atoms with E-state index >= 15 is 0 Å². The van der Waals surface area contributed by atoms with Crippen molar-refractivity contribution in [1.82, 2.24) is 14.8 Å². The minimum absolute atomic E-state index is 0.000112. The summed E-state index contributed by atoms with van der Waals surface area (Å²) in [5.41, 5.74) is 2.40. The van der Waals surface area contributed by atoms with Gasteiger partial charge in [0.1, 0.15) is 6.33 Å². The zero-order valence-electron chi connectivity index (χ0n) is 17.7. The van der Waals surface area contributed by atoms with Crippen molar-refractivity contribution in [3.8, 4) is 5.69 Å². The molecule has 8 heteroatoms. The molecule has 1 unspecified atom stereocenters. The van der Waals surface area contributed by atoms with Crippen LogP contribution >= 0.6 is 12.2 Å². The fourth-order valence-corrected chi connectivity index (χ4v) is 3.75. The number of aliphatic hydroxyl groups is 1. The standard InChI is InChI=1S/C23H29N5O2S/c1-2-3-5-12-21(16-29)27(19-10-6-4-7-11-19)15-22(30)25-18-9-8-13-20(14-18)28-17-24-26-23(28)31/h4,6-11,13-14,17,21,29H,2-3,5,12,15-16H2,1H3,(H,25,30)(H,26,31). The van der Waals surface area contributed by atoms with Gasteiger partial charge in [-0.15, -0.1) is 0 Å². The second kappa shape index (κ2) is 11.4. The Morgan fingerprint density at radius 1 is 1.23 bits per heavy atom. The van der Waals surface area contributed by atoms with Gasteiger partial charge in [0, 0.05) is 11.4 Å². The third-order valence-electron chi connectivity index (χ3n) is 5.15. The lowest BCUT2D eigenvalue weighted by atomic mass is 10.1. The number of aliphatic hydroxyl groups excluding tert-OH is 1. The molecule has 1 aromatic heterocycles. The summed E-state index contributed by atoms with van der Waals surface area (Å²) >= 11 is 5.22. The van der Waals surface area contributed by atoms with Gasteiger partial charge in [0.2, 0.25) is 5.91 Å². The molecular weight excluding hydrogens is 410 g/mol. The van der Waals surface area contributed by atoms with E-state index in [0.717, 1.165) is 37.1 Å². The minimum atomic E-state index is -0.147. The highest BCUT2D eigenvalue weighted by atomic mass is 32.1. The molecule has 0 saturated carbocycles. The number of para-hydroxylation sites is 1. The lowest BCUT2D eigenvalue weighted by Gasteiger charge is -2.32. The molecule has 0 bridgehead atoms. The maximum Gasteiger partial charge on any atom is 0.243 e. The van der Waals surface area contributed by atoms with E-state index in [0.29, 0.717) is 10.5 Å². The fourth-order valence-electron chi connectivity index (χ4n) is 3.55. The predicted molar refractivity (Wildman–Crippen MR) is 126 cm³/mol. The second-order valence-electron chi connectivity index (χ2n) is 7.43. The highest BCUT2D eigenvalue weighted by Gasteiger charge is 2.21. The van der Waals surface area contributed by atoms with Crippen LogP contribution in [0.2, 0.25) is 0 Å². The van der Waals surface area contributed by atoms with E-state index in [1.165, 1.54) is 0 Å². The number of aromatic nitrogens is 3. The largest absolute Gasteiger partial charge is 0.394 e. The number of aromatic amines is 1. The number of hydrogen-bond acceptors (Lipinski definition) is 5. The molecule has 3 aromatic rings. The second-order valence-corrected chi connectivity index (χ2v) is 7.81. The Labute approximate surface area is 187 Å². The van der Waals surface area contributed by atoms with Crippen molar-refractivity contribution in [2.45, 2.75) is 38.6 Å². The molecule has 0 fully saturated rings. The van der Waals surface area contributed by atoms with E-state index in [1.807, 2.05) is 59.5 Å². The van der Waals surface area contributed by atoms with Crippen LogP contribution in [-0.2, 0) is 4.79 Å². The number of carbonyl (C=O) groups excluding carboxylic acids is 1. The van der Waals surface area contributed by atoms with E-state index in [-0.39, 0.29) is 25.1 Å². The third kappa shape index (κ3) is 6.26. The average molecular weight is 440 g/mol. The van der Waals surface area contributed by atoms with Crippen molar-refractivity contribution in [1.29, 1.82) is 0 Å². The van der Waals surface area contributed by atoms with Gasteiger partial charge >= 0.3 is 0 Å². The lowest BCUT2D eigenvalue weighted by Crippen LogP contribution is -2.43. The summed E-state index contributed by atoms with van der Waals surface area (Å²) < 4.78 is 2.22. The molecule has 1 amide bonds. The number of anilines is 2. The van der Waals surface area contributed by atoms with Crippen LogP contribution in [0, 0.1) is 4.77 Å². The van der Waals surface area contributed by atoms with Gasteiger partial charge in [0.15, 0.2) is 4.77 Å². The summed E-state index contributed by atoms with van der Waals surface area (Å²) in [6.45, 7) is 2.30. The van der Waals surface area contributed by atoms with Gasteiger partial charge in [-0.05, 0) is 49.0 Å². The molecule has 0 aliphatic heterocycles. The van der Waals surface area contributed by atoms with Crippen LogP contribution in [0.25, 0.3) is 5.69 Å². The molecule has 164 valence electrons. The van der Waals surface area contributed by atoms with Crippen LogP contribution in [0.4, 0.5) is 11.4 Å². The maximum absolute atomic E-state index is 12.9. The molecule has 7 nitrogen and oxygen atoms in total. The molecule has 0 aliphatic rings. The number of hydrogen-bond donors (Lipinski definition) is 3. The normalized spacial score (nSPS) is 11.8. The number of unbranched alkanes of at least 4 members (excludes halogenated alkanes) is 2. The number of H-pyrrole nitrogens is 1. The van der Waals surface area contributed by atoms with Gasteiger partial charge in [0.25, 0.3) is 0 Å². The molecule has 2 aromatic carbocycles. The van der Waals surface area contributed by atoms with Crippen LogP contribution < -0.4 is 10.2 Å². The van der Waals surface area contributed by atoms with Gasteiger partial charge in [-0.3, -0.25) is 14.5 Å². The topological polar surface area (TPSA) is 86.2 Å². The van der Waals surface area contributed by atoms with Crippen molar-refractivity contribution >= 4 is 29.5 Å². The van der Waals surface area contributed by atoms with Crippen molar-refractivity contribution in [3.63, 3.8) is 0 Å². The molecular formula is C23H29N5O2S. The first-order chi connectivity index (χ1) is 15.1. The first-order valence-corrected chi connectivity index (χ1v) is 11.0. The minimum Gasteiger partial charge on any atom is -0.394 e. The molecule has 31 heavy (non-hydrogen) atoms. The van der Waals surface area contributed by atoms with Crippen LogP contribution in [0.1, 0.15) is 32.6 Å². The number of carbonyl (C=O) groups is 1. The Kier molecular flexibility index (Phi) is 8.37. The van der Waals surface area contributed by atoms with E-state index in [1.54, 1.807) is 10.9 Å². The summed E-state index contributed by atoms with van der Waals surface area (Å²) in [6, 6.07) is 17.1. The molecule has 3 N–H and O–H groups in total. The average Bonchev–Trinajstić information content (AvgIpc) is 3.22. The van der Waals surface area contributed by atoms with Crippen molar-refractivity contribution < 1.29 is 9.90 Å². The summed E-state index contributed by atoms with van der Waals surface area (Å²) in [7, 11) is 0. The molecule has 3 rings (SSSR count). The summed E-state index contributed by atoms with van der Waals surface area (Å²) in [4.78, 5) is 14.9. The van der Waals surface area contributed by atoms with E-state index < -0.39 is 0 Å². The Balaban J connectivity index is 1.74. The highest BCUT2D eigenvalue weighted by molar-refractivity contribution is 7.71. The Morgan fingerprint density at radius 2 is 2.03 bits per heavy atom. The molecule has 1 atom stereocenters. The van der Waals surface area contributed by atoms with Gasteiger partial charge in [-0.25, -0.2) is 0 Å². The van der Waals surface area contributed by atoms with E-state index in [9.17, 15) is 9.90 Å². The first-order valence-electron chi connectivity index (χ1n) is 10.6. The SMILES string of the molecule is CCCCCC(CO)N(CC(=O)Nc1cccc(-n2cn[nH]c2=S)c1)c1ccccc1. The maximum atomic E-state index is 12.9. The molecule has 0 saturated heterocycles. The molecule has 0 spiro atoms. The summed E-state index contributed by atoms with van der Waals surface area (Å²) in [5.74, 6) is -0.147. The Bertz CT molecular complexity index is 1020. The number of rotatable bonds is 11. The zero-order chi connectivity index (χ0) is 22.1. The Morgan fingerprint density at radius 3 is 2.71 bits per heavy atom. The molecule has 1 heterocycles. The van der Waals surface area contributed by atoms with E-state index in [2.05, 4.69) is 22.4 Å². The van der Waals surface area contributed by atoms with Crippen LogP contribution in [0.5, 0.6) is 0 Å². The number of amides is 1. The van der Waals surface area contributed by atoms with Crippen LogP contribution in [0.15, 0.2) is 60.9 Å². The predicted octanol–water partition coefficient (Wildman–Crippen LogP) is 4.32. The number of benzene rings is 2. The molecule has 0 aliphatic carbocycles. The smallest absolute Gasteiger partial charge is 0.243 e.